The summed E-state index contributed by atoms with van der Waals surface area (Å²) in [6.45, 7) is 3.94. The van der Waals surface area contributed by atoms with E-state index in [0.717, 1.165) is 25.1 Å². The molecule has 1 aromatic heterocycles. The molecule has 1 aliphatic rings. The highest BCUT2D eigenvalue weighted by Gasteiger charge is 2.14. The topological polar surface area (TPSA) is 75.2 Å². The van der Waals surface area contributed by atoms with Crippen molar-refractivity contribution in [2.75, 3.05) is 18.9 Å². The van der Waals surface area contributed by atoms with Crippen LogP contribution in [0.3, 0.4) is 0 Å². The molecule has 1 fully saturated rings. The quantitative estimate of drug-likeness (QED) is 0.818. The summed E-state index contributed by atoms with van der Waals surface area (Å²) in [5.74, 6) is 0.480. The van der Waals surface area contributed by atoms with Gasteiger partial charge in [0.1, 0.15) is 0 Å². The van der Waals surface area contributed by atoms with Crippen LogP contribution >= 0.6 is 0 Å². The normalized spacial score (nSPS) is 21.2. The lowest BCUT2D eigenvalue weighted by molar-refractivity contribution is -0.163. The Morgan fingerprint density at radius 3 is 3.06 bits per heavy atom. The van der Waals surface area contributed by atoms with Crippen LogP contribution in [0.25, 0.3) is 0 Å². The number of hydrogen-bond acceptors (Lipinski definition) is 5. The Morgan fingerprint density at radius 2 is 2.44 bits per heavy atom. The van der Waals surface area contributed by atoms with Gasteiger partial charge in [-0.25, -0.2) is 4.68 Å². The first-order valence-electron chi connectivity index (χ1n) is 5.66. The molecule has 90 valence electrons. The van der Waals surface area contributed by atoms with Crippen LogP contribution in [0.2, 0.25) is 0 Å². The summed E-state index contributed by atoms with van der Waals surface area (Å²) < 4.78 is 12.8. The largest absolute Gasteiger partial charge is 0.381 e. The average molecular weight is 226 g/mol. The van der Waals surface area contributed by atoms with Crippen LogP contribution in [-0.4, -0.2) is 34.5 Å². The van der Waals surface area contributed by atoms with Crippen LogP contribution in [-0.2, 0) is 16.0 Å². The number of nitrogens with two attached hydrogens (primary N) is 1. The summed E-state index contributed by atoms with van der Waals surface area (Å²) in [5.41, 5.74) is 6.48. The van der Waals surface area contributed by atoms with Crippen LogP contribution < -0.4 is 5.73 Å². The molecule has 16 heavy (non-hydrogen) atoms. The molecule has 0 aromatic carbocycles. The standard InChI is InChI=1S/C10H18N4O2/c1-8-10(11)12-13-14(8)5-7-16-9-4-2-3-6-15-9/h9H,2-7,11H2,1H3. The molecule has 0 spiro atoms. The molecule has 6 nitrogen and oxygen atoms in total. The molecule has 2 heterocycles. The van der Waals surface area contributed by atoms with Crippen LogP contribution in [0, 0.1) is 6.92 Å². The summed E-state index contributed by atoms with van der Waals surface area (Å²) >= 11 is 0. The molecule has 2 N–H and O–H groups in total. The molecule has 0 radical (unpaired) electrons. The molecule has 6 heteroatoms. The Labute approximate surface area is 94.7 Å². The van der Waals surface area contributed by atoms with E-state index in [2.05, 4.69) is 10.3 Å². The highest BCUT2D eigenvalue weighted by atomic mass is 16.7. The van der Waals surface area contributed by atoms with E-state index < -0.39 is 0 Å². The molecule has 0 aliphatic carbocycles. The molecule has 1 aliphatic heterocycles. The molecule has 1 atom stereocenters. The Hall–Kier alpha value is -1.14. The van der Waals surface area contributed by atoms with Crippen LogP contribution in [0.4, 0.5) is 5.82 Å². The zero-order chi connectivity index (χ0) is 11.4. The van der Waals surface area contributed by atoms with Gasteiger partial charge in [-0.15, -0.1) is 5.10 Å². The summed E-state index contributed by atoms with van der Waals surface area (Å²) in [7, 11) is 0. The van der Waals surface area contributed by atoms with Crippen molar-refractivity contribution in [1.82, 2.24) is 15.0 Å². The van der Waals surface area contributed by atoms with Gasteiger partial charge in [0.2, 0.25) is 0 Å². The van der Waals surface area contributed by atoms with Gasteiger partial charge < -0.3 is 15.2 Å². The average Bonchev–Trinajstić information content (AvgIpc) is 2.62. The van der Waals surface area contributed by atoms with E-state index in [1.165, 1.54) is 6.42 Å². The van der Waals surface area contributed by atoms with Gasteiger partial charge in [0, 0.05) is 6.61 Å². The second kappa shape index (κ2) is 5.27. The number of rotatable bonds is 4. The van der Waals surface area contributed by atoms with Crippen molar-refractivity contribution in [3.8, 4) is 0 Å². The van der Waals surface area contributed by atoms with E-state index in [1.807, 2.05) is 6.92 Å². The Kier molecular flexibility index (Phi) is 3.74. The van der Waals surface area contributed by atoms with Crippen molar-refractivity contribution >= 4 is 5.82 Å². The van der Waals surface area contributed by atoms with E-state index in [-0.39, 0.29) is 6.29 Å². The first-order chi connectivity index (χ1) is 7.77. The maximum atomic E-state index is 5.60. The van der Waals surface area contributed by atoms with Gasteiger partial charge in [0.05, 0.1) is 18.8 Å². The van der Waals surface area contributed by atoms with E-state index in [9.17, 15) is 0 Å². The van der Waals surface area contributed by atoms with Crippen LogP contribution in [0.15, 0.2) is 0 Å². The van der Waals surface area contributed by atoms with Gasteiger partial charge in [-0.05, 0) is 26.2 Å². The van der Waals surface area contributed by atoms with Crippen molar-refractivity contribution in [3.63, 3.8) is 0 Å². The summed E-state index contributed by atoms with van der Waals surface area (Å²) in [6.07, 6.45) is 3.26. The van der Waals surface area contributed by atoms with Gasteiger partial charge in [-0.1, -0.05) is 5.21 Å². The number of aromatic nitrogens is 3. The molecule has 0 saturated carbocycles. The van der Waals surface area contributed by atoms with E-state index in [0.29, 0.717) is 19.0 Å². The molecule has 1 saturated heterocycles. The maximum absolute atomic E-state index is 5.60. The molecular weight excluding hydrogens is 208 g/mol. The summed E-state index contributed by atoms with van der Waals surface area (Å²) in [5, 5.41) is 7.70. The van der Waals surface area contributed by atoms with Crippen molar-refractivity contribution in [2.45, 2.75) is 39.0 Å². The minimum absolute atomic E-state index is 0.0464. The second-order valence-corrected chi connectivity index (χ2v) is 3.95. The Morgan fingerprint density at radius 1 is 1.56 bits per heavy atom. The molecule has 1 aromatic rings. The third kappa shape index (κ3) is 2.70. The van der Waals surface area contributed by atoms with Crippen LogP contribution in [0.1, 0.15) is 25.0 Å². The first kappa shape index (κ1) is 11.3. The third-order valence-electron chi connectivity index (χ3n) is 2.76. The molecule has 0 bridgehead atoms. The summed E-state index contributed by atoms with van der Waals surface area (Å²) in [4.78, 5) is 0. The Balaban J connectivity index is 1.73. The minimum Gasteiger partial charge on any atom is -0.381 e. The highest BCUT2D eigenvalue weighted by molar-refractivity contribution is 5.31. The molecule has 0 amide bonds. The van der Waals surface area contributed by atoms with Crippen molar-refractivity contribution < 1.29 is 9.47 Å². The molecular formula is C10H18N4O2. The number of anilines is 1. The fourth-order valence-corrected chi connectivity index (χ4v) is 1.70. The van der Waals surface area contributed by atoms with Gasteiger partial charge >= 0.3 is 0 Å². The lowest BCUT2D eigenvalue weighted by Gasteiger charge is -2.22. The predicted octanol–water partition coefficient (Wildman–Crippen LogP) is 0.712. The van der Waals surface area contributed by atoms with Crippen molar-refractivity contribution in [2.24, 2.45) is 0 Å². The monoisotopic (exact) mass is 226 g/mol. The van der Waals surface area contributed by atoms with E-state index in [1.54, 1.807) is 4.68 Å². The smallest absolute Gasteiger partial charge is 0.168 e. The number of nitrogen functional groups attached to an aromatic ring is 1. The van der Waals surface area contributed by atoms with Gasteiger partial charge in [0.25, 0.3) is 0 Å². The molecule has 1 unspecified atom stereocenters. The van der Waals surface area contributed by atoms with Gasteiger partial charge in [-0.2, -0.15) is 0 Å². The Bertz CT molecular complexity index is 334. The first-order valence-corrected chi connectivity index (χ1v) is 5.66. The fourth-order valence-electron chi connectivity index (χ4n) is 1.70. The highest BCUT2D eigenvalue weighted by Crippen LogP contribution is 2.13. The SMILES string of the molecule is Cc1c(N)nnn1CCOC1CCCCO1. The maximum Gasteiger partial charge on any atom is 0.168 e. The third-order valence-corrected chi connectivity index (χ3v) is 2.76. The zero-order valence-electron chi connectivity index (χ0n) is 9.56. The number of nitrogens with zero attached hydrogens (tertiary/aromatic N) is 3. The molecule has 2 rings (SSSR count). The fraction of sp³-hybridized carbons (Fsp3) is 0.800. The second-order valence-electron chi connectivity index (χ2n) is 3.95. The number of hydrogen-bond donors (Lipinski definition) is 1. The zero-order valence-corrected chi connectivity index (χ0v) is 9.56. The van der Waals surface area contributed by atoms with Gasteiger partial charge in [0.15, 0.2) is 12.1 Å². The summed E-state index contributed by atoms with van der Waals surface area (Å²) in [6, 6.07) is 0. The lowest BCUT2D eigenvalue weighted by atomic mass is 10.2. The number of ether oxygens (including phenoxy) is 2. The van der Waals surface area contributed by atoms with E-state index >= 15 is 0 Å². The van der Waals surface area contributed by atoms with E-state index in [4.69, 9.17) is 15.2 Å². The van der Waals surface area contributed by atoms with Crippen molar-refractivity contribution in [1.29, 1.82) is 0 Å². The predicted molar refractivity (Wildman–Crippen MR) is 58.7 cm³/mol. The van der Waals surface area contributed by atoms with Crippen molar-refractivity contribution in [3.05, 3.63) is 5.69 Å². The van der Waals surface area contributed by atoms with Crippen LogP contribution in [0.5, 0.6) is 0 Å². The lowest BCUT2D eigenvalue weighted by Crippen LogP contribution is -2.24. The minimum atomic E-state index is -0.0464. The van der Waals surface area contributed by atoms with Gasteiger partial charge in [-0.3, -0.25) is 0 Å².